The van der Waals surface area contributed by atoms with Gasteiger partial charge >= 0.3 is 0 Å². The Kier molecular flexibility index (Phi) is 5.41. The molecule has 2 aromatic carbocycles. The summed E-state index contributed by atoms with van der Waals surface area (Å²) in [6, 6.07) is 15.4. The van der Waals surface area contributed by atoms with Crippen molar-refractivity contribution in [3.05, 3.63) is 78.2 Å². The fourth-order valence-electron chi connectivity index (χ4n) is 2.28. The maximum Gasteiger partial charge on any atom is 0.255 e. The Morgan fingerprint density at radius 2 is 1.74 bits per heavy atom. The molecule has 0 spiro atoms. The molecule has 136 valence electrons. The van der Waals surface area contributed by atoms with Gasteiger partial charge in [0.2, 0.25) is 11.8 Å². The first-order valence-electron chi connectivity index (χ1n) is 8.08. The zero-order chi connectivity index (χ0) is 19.2. The average Bonchev–Trinajstić information content (AvgIpc) is 2.65. The first-order chi connectivity index (χ1) is 13.0. The monoisotopic (exact) mass is 365 g/mol. The highest BCUT2D eigenvalue weighted by Gasteiger charge is 2.08. The van der Waals surface area contributed by atoms with Gasteiger partial charge < -0.3 is 15.4 Å². The van der Waals surface area contributed by atoms with Crippen LogP contribution < -0.4 is 15.4 Å². The normalized spacial score (nSPS) is 10.1. The van der Waals surface area contributed by atoms with Gasteiger partial charge in [0.15, 0.2) is 0 Å². The van der Waals surface area contributed by atoms with E-state index in [-0.39, 0.29) is 17.6 Å². The lowest BCUT2D eigenvalue weighted by Gasteiger charge is -2.08. The van der Waals surface area contributed by atoms with Crippen LogP contribution in [0.1, 0.15) is 17.3 Å². The lowest BCUT2D eigenvalue weighted by molar-refractivity contribution is -0.114. The summed E-state index contributed by atoms with van der Waals surface area (Å²) in [7, 11) is 0. The minimum Gasteiger partial charge on any atom is -0.439 e. The summed E-state index contributed by atoms with van der Waals surface area (Å²) in [5, 5.41) is 5.34. The van der Waals surface area contributed by atoms with E-state index in [1.807, 2.05) is 0 Å². The minimum atomic E-state index is -0.351. The number of ether oxygens (including phenoxy) is 1. The Morgan fingerprint density at radius 3 is 2.41 bits per heavy atom. The smallest absolute Gasteiger partial charge is 0.255 e. The number of pyridine rings is 1. The molecule has 2 amide bonds. The maximum atomic E-state index is 12.9. The molecule has 27 heavy (non-hydrogen) atoms. The molecule has 6 nitrogen and oxygen atoms in total. The number of amides is 2. The van der Waals surface area contributed by atoms with Crippen LogP contribution in [0.3, 0.4) is 0 Å². The van der Waals surface area contributed by atoms with Crippen molar-refractivity contribution in [1.29, 1.82) is 0 Å². The van der Waals surface area contributed by atoms with Gasteiger partial charge in [-0.3, -0.25) is 9.59 Å². The van der Waals surface area contributed by atoms with Gasteiger partial charge in [-0.25, -0.2) is 9.37 Å². The van der Waals surface area contributed by atoms with Crippen LogP contribution in [0.15, 0.2) is 66.9 Å². The van der Waals surface area contributed by atoms with Crippen molar-refractivity contribution in [2.24, 2.45) is 0 Å². The number of halogens is 1. The van der Waals surface area contributed by atoms with E-state index in [0.29, 0.717) is 28.6 Å². The number of nitrogens with one attached hydrogen (secondary N) is 2. The van der Waals surface area contributed by atoms with Crippen molar-refractivity contribution in [2.45, 2.75) is 6.92 Å². The standard InChI is InChI=1S/C20H16FN3O3/c1-13(25)23-16-4-2-3-14(11-16)20(26)24-17-7-10-19(22-12-17)27-18-8-5-15(21)6-9-18/h2-12H,1H3,(H,23,25)(H,24,26). The second kappa shape index (κ2) is 8.09. The van der Waals surface area contributed by atoms with E-state index in [0.717, 1.165) is 0 Å². The number of hydrogen-bond acceptors (Lipinski definition) is 4. The van der Waals surface area contributed by atoms with E-state index < -0.39 is 0 Å². The zero-order valence-corrected chi connectivity index (χ0v) is 14.4. The number of aromatic nitrogens is 1. The van der Waals surface area contributed by atoms with Crippen LogP contribution in [0.4, 0.5) is 15.8 Å². The molecule has 0 aliphatic rings. The van der Waals surface area contributed by atoms with E-state index in [2.05, 4.69) is 15.6 Å². The Morgan fingerprint density at radius 1 is 0.963 bits per heavy atom. The molecular formula is C20H16FN3O3. The van der Waals surface area contributed by atoms with E-state index >= 15 is 0 Å². The molecule has 0 radical (unpaired) electrons. The van der Waals surface area contributed by atoms with Crippen LogP contribution in [0.5, 0.6) is 11.6 Å². The molecule has 2 N–H and O–H groups in total. The van der Waals surface area contributed by atoms with E-state index in [9.17, 15) is 14.0 Å². The fourth-order valence-corrected chi connectivity index (χ4v) is 2.28. The molecule has 0 atom stereocenters. The van der Waals surface area contributed by atoms with Gasteiger partial charge in [0.25, 0.3) is 5.91 Å². The van der Waals surface area contributed by atoms with Gasteiger partial charge in [-0.2, -0.15) is 0 Å². The minimum absolute atomic E-state index is 0.214. The summed E-state index contributed by atoms with van der Waals surface area (Å²) in [5.41, 5.74) is 1.42. The highest BCUT2D eigenvalue weighted by Crippen LogP contribution is 2.21. The number of nitrogens with zero attached hydrogens (tertiary/aromatic N) is 1. The largest absolute Gasteiger partial charge is 0.439 e. The third-order valence-corrected chi connectivity index (χ3v) is 3.48. The molecule has 3 rings (SSSR count). The Hall–Kier alpha value is -3.74. The predicted octanol–water partition coefficient (Wildman–Crippen LogP) is 4.22. The Balaban J connectivity index is 1.64. The summed E-state index contributed by atoms with van der Waals surface area (Å²) in [6.45, 7) is 1.40. The molecule has 1 aromatic heterocycles. The van der Waals surface area contributed by atoms with Crippen molar-refractivity contribution in [1.82, 2.24) is 4.98 Å². The van der Waals surface area contributed by atoms with Crippen molar-refractivity contribution in [3.63, 3.8) is 0 Å². The Labute approximate surface area is 155 Å². The second-order valence-electron chi connectivity index (χ2n) is 5.66. The molecule has 0 fully saturated rings. The van der Waals surface area contributed by atoms with Crippen molar-refractivity contribution >= 4 is 23.2 Å². The van der Waals surface area contributed by atoms with Crippen molar-refractivity contribution < 1.29 is 18.7 Å². The second-order valence-corrected chi connectivity index (χ2v) is 5.66. The molecule has 0 saturated carbocycles. The number of benzene rings is 2. The lowest BCUT2D eigenvalue weighted by atomic mass is 10.2. The predicted molar refractivity (Wildman–Crippen MR) is 99.4 cm³/mol. The summed E-state index contributed by atoms with van der Waals surface area (Å²) in [5.74, 6) is -0.136. The molecule has 0 unspecified atom stereocenters. The molecular weight excluding hydrogens is 349 g/mol. The first-order valence-corrected chi connectivity index (χ1v) is 8.08. The summed E-state index contributed by atoms with van der Waals surface area (Å²) >= 11 is 0. The topological polar surface area (TPSA) is 80.3 Å². The number of carbonyl (C=O) groups is 2. The van der Waals surface area contributed by atoms with Gasteiger partial charge in [0, 0.05) is 24.2 Å². The summed E-state index contributed by atoms with van der Waals surface area (Å²) < 4.78 is 18.4. The highest BCUT2D eigenvalue weighted by molar-refractivity contribution is 6.05. The average molecular weight is 365 g/mol. The third kappa shape index (κ3) is 5.12. The number of rotatable bonds is 5. The van der Waals surface area contributed by atoms with Crippen LogP contribution >= 0.6 is 0 Å². The first kappa shape index (κ1) is 18.1. The molecule has 1 heterocycles. The van der Waals surface area contributed by atoms with E-state index in [4.69, 9.17) is 4.74 Å². The number of anilines is 2. The maximum absolute atomic E-state index is 12.9. The summed E-state index contributed by atoms with van der Waals surface area (Å²) in [6.07, 6.45) is 1.45. The molecule has 7 heteroatoms. The lowest BCUT2D eigenvalue weighted by Crippen LogP contribution is -2.13. The Bertz CT molecular complexity index is 957. The van der Waals surface area contributed by atoms with Gasteiger partial charge in [0.1, 0.15) is 11.6 Å². The van der Waals surface area contributed by atoms with E-state index in [1.54, 1.807) is 36.4 Å². The van der Waals surface area contributed by atoms with Gasteiger partial charge in [-0.05, 0) is 48.5 Å². The molecule has 0 aliphatic carbocycles. The van der Waals surface area contributed by atoms with Crippen molar-refractivity contribution in [3.8, 4) is 11.6 Å². The van der Waals surface area contributed by atoms with Crippen LogP contribution in [-0.2, 0) is 4.79 Å². The van der Waals surface area contributed by atoms with Gasteiger partial charge in [-0.15, -0.1) is 0 Å². The van der Waals surface area contributed by atoms with Crippen LogP contribution in [-0.4, -0.2) is 16.8 Å². The van der Waals surface area contributed by atoms with Crippen molar-refractivity contribution in [2.75, 3.05) is 10.6 Å². The molecule has 3 aromatic rings. The highest BCUT2D eigenvalue weighted by atomic mass is 19.1. The number of hydrogen-bond donors (Lipinski definition) is 2. The van der Waals surface area contributed by atoms with E-state index in [1.165, 1.54) is 37.4 Å². The summed E-state index contributed by atoms with van der Waals surface area (Å²) in [4.78, 5) is 27.6. The molecule has 0 saturated heterocycles. The van der Waals surface area contributed by atoms with Gasteiger partial charge in [-0.1, -0.05) is 6.07 Å². The van der Waals surface area contributed by atoms with Crippen LogP contribution in [0.25, 0.3) is 0 Å². The van der Waals surface area contributed by atoms with Crippen LogP contribution in [0.2, 0.25) is 0 Å². The fraction of sp³-hybridized carbons (Fsp3) is 0.0500. The molecule has 0 aliphatic heterocycles. The van der Waals surface area contributed by atoms with Gasteiger partial charge in [0.05, 0.1) is 11.9 Å². The molecule has 0 bridgehead atoms. The van der Waals surface area contributed by atoms with Crippen LogP contribution in [0, 0.1) is 5.82 Å². The third-order valence-electron chi connectivity index (χ3n) is 3.48. The quantitative estimate of drug-likeness (QED) is 0.709. The number of carbonyl (C=O) groups excluding carboxylic acids is 2. The zero-order valence-electron chi connectivity index (χ0n) is 14.4. The SMILES string of the molecule is CC(=O)Nc1cccc(C(=O)Nc2ccc(Oc3ccc(F)cc3)nc2)c1.